The Hall–Kier alpha value is -1.78. The van der Waals surface area contributed by atoms with Gasteiger partial charge in [-0.3, -0.25) is 0 Å². The molecule has 0 radical (unpaired) electrons. The van der Waals surface area contributed by atoms with Crippen molar-refractivity contribution in [1.82, 2.24) is 0 Å². The normalized spacial score (nSPS) is 9.93. The van der Waals surface area contributed by atoms with Gasteiger partial charge in [-0.1, -0.05) is 0 Å². The molecule has 1 aromatic rings. The van der Waals surface area contributed by atoms with Crippen LogP contribution in [0.2, 0.25) is 0 Å². The van der Waals surface area contributed by atoms with Gasteiger partial charge in [0.25, 0.3) is 0 Å². The maximum absolute atomic E-state index is 12.9. The molecule has 0 saturated heterocycles. The van der Waals surface area contributed by atoms with Crippen LogP contribution in [0.15, 0.2) is 6.07 Å². The van der Waals surface area contributed by atoms with Crippen LogP contribution in [0, 0.1) is 12.7 Å². The summed E-state index contributed by atoms with van der Waals surface area (Å²) < 4.78 is 17.7. The Morgan fingerprint density at radius 3 is 2.57 bits per heavy atom. The highest BCUT2D eigenvalue weighted by Crippen LogP contribution is 2.32. The molecule has 0 aliphatic heterocycles. The predicted octanol–water partition coefficient (Wildman–Crippen LogP) is 1.55. The van der Waals surface area contributed by atoms with E-state index in [0.717, 1.165) is 6.07 Å². The average molecular weight is 200 g/mol. The maximum Gasteiger partial charge on any atom is 0.339 e. The lowest BCUT2D eigenvalue weighted by atomic mass is 10.1. The third-order valence-electron chi connectivity index (χ3n) is 1.87. The predicted molar refractivity (Wildman–Crippen MR) is 46.3 cm³/mol. The van der Waals surface area contributed by atoms with Gasteiger partial charge in [-0.2, -0.15) is 0 Å². The highest BCUT2D eigenvalue weighted by molar-refractivity contribution is 5.92. The first-order chi connectivity index (χ1) is 6.49. The van der Waals surface area contributed by atoms with E-state index < -0.39 is 17.5 Å². The quantitative estimate of drug-likeness (QED) is 0.759. The number of hydrogen-bond acceptors (Lipinski definition) is 3. The molecule has 0 aromatic heterocycles. The Morgan fingerprint density at radius 1 is 1.57 bits per heavy atom. The van der Waals surface area contributed by atoms with Gasteiger partial charge in [0.2, 0.25) is 0 Å². The van der Waals surface area contributed by atoms with Gasteiger partial charge in [-0.25, -0.2) is 9.18 Å². The molecule has 0 unspecified atom stereocenters. The molecule has 0 heterocycles. The first kappa shape index (κ1) is 10.3. The number of aromatic hydroxyl groups is 1. The number of carboxylic acids is 1. The van der Waals surface area contributed by atoms with Crippen LogP contribution in [0.3, 0.4) is 0 Å². The van der Waals surface area contributed by atoms with Gasteiger partial charge >= 0.3 is 5.97 Å². The lowest BCUT2D eigenvalue weighted by molar-refractivity contribution is 0.0692. The number of methoxy groups -OCH3 is 1. The summed E-state index contributed by atoms with van der Waals surface area (Å²) in [5.41, 5.74) is -0.231. The second-order valence-corrected chi connectivity index (χ2v) is 2.72. The number of carboxylic acid groups (broad SMARTS) is 1. The Bertz CT molecular complexity index is 387. The van der Waals surface area contributed by atoms with E-state index in [0.29, 0.717) is 0 Å². The van der Waals surface area contributed by atoms with Gasteiger partial charge in [0.05, 0.1) is 7.11 Å². The number of rotatable bonds is 2. The van der Waals surface area contributed by atoms with E-state index in [4.69, 9.17) is 9.84 Å². The molecule has 2 N–H and O–H groups in total. The summed E-state index contributed by atoms with van der Waals surface area (Å²) in [6.45, 7) is 1.38. The molecule has 1 aromatic carbocycles. The molecule has 0 amide bonds. The monoisotopic (exact) mass is 200 g/mol. The van der Waals surface area contributed by atoms with Gasteiger partial charge in [-0.15, -0.1) is 0 Å². The molecular formula is C9H9FO4. The number of carbonyl (C=O) groups is 1. The SMILES string of the molecule is COc1c(C(=O)O)cc(F)c(O)c1C. The van der Waals surface area contributed by atoms with Crippen LogP contribution < -0.4 is 4.74 Å². The van der Waals surface area contributed by atoms with Crippen molar-refractivity contribution in [3.63, 3.8) is 0 Å². The number of phenols is 1. The lowest BCUT2D eigenvalue weighted by Crippen LogP contribution is -2.03. The Labute approximate surface area is 79.6 Å². The molecule has 0 fully saturated rings. The summed E-state index contributed by atoms with van der Waals surface area (Å²) in [7, 11) is 1.26. The summed E-state index contributed by atoms with van der Waals surface area (Å²) in [5.74, 6) is -2.90. The lowest BCUT2D eigenvalue weighted by Gasteiger charge is -2.10. The zero-order valence-electron chi connectivity index (χ0n) is 7.67. The van der Waals surface area contributed by atoms with Crippen LogP contribution in [0.4, 0.5) is 4.39 Å². The van der Waals surface area contributed by atoms with E-state index in [1.165, 1.54) is 14.0 Å². The molecule has 14 heavy (non-hydrogen) atoms. The standard InChI is InChI=1S/C9H9FO4/c1-4-7(11)6(10)3-5(9(12)13)8(4)14-2/h3,11H,1-2H3,(H,12,13). The van der Waals surface area contributed by atoms with E-state index in [1.807, 2.05) is 0 Å². The highest BCUT2D eigenvalue weighted by Gasteiger charge is 2.19. The largest absolute Gasteiger partial charge is 0.505 e. The van der Waals surface area contributed by atoms with Crippen molar-refractivity contribution in [2.75, 3.05) is 7.11 Å². The molecule has 4 nitrogen and oxygen atoms in total. The van der Waals surface area contributed by atoms with Crippen LogP contribution in [0.5, 0.6) is 11.5 Å². The second-order valence-electron chi connectivity index (χ2n) is 2.72. The summed E-state index contributed by atoms with van der Waals surface area (Å²) in [6.07, 6.45) is 0. The first-order valence-electron chi connectivity index (χ1n) is 3.78. The number of phenolic OH excluding ortho intramolecular Hbond substituents is 1. The van der Waals surface area contributed by atoms with Crippen LogP contribution in [0.25, 0.3) is 0 Å². The minimum atomic E-state index is -1.30. The van der Waals surface area contributed by atoms with Gasteiger partial charge in [-0.05, 0) is 13.0 Å². The summed E-state index contributed by atoms with van der Waals surface area (Å²) in [6, 6.07) is 0.726. The van der Waals surface area contributed by atoms with Gasteiger partial charge in [0, 0.05) is 5.56 Å². The van der Waals surface area contributed by atoms with E-state index in [2.05, 4.69) is 0 Å². The zero-order valence-corrected chi connectivity index (χ0v) is 7.67. The van der Waals surface area contributed by atoms with Crippen LogP contribution in [-0.4, -0.2) is 23.3 Å². The van der Waals surface area contributed by atoms with Crippen LogP contribution in [-0.2, 0) is 0 Å². The van der Waals surface area contributed by atoms with Gasteiger partial charge in [0.1, 0.15) is 11.3 Å². The highest BCUT2D eigenvalue weighted by atomic mass is 19.1. The summed E-state index contributed by atoms with van der Waals surface area (Å²) in [4.78, 5) is 10.7. The van der Waals surface area contributed by atoms with Crippen molar-refractivity contribution in [3.05, 3.63) is 23.0 Å². The fourth-order valence-electron chi connectivity index (χ4n) is 1.17. The molecule has 0 bridgehead atoms. The van der Waals surface area contributed by atoms with Crippen molar-refractivity contribution in [3.8, 4) is 11.5 Å². The van der Waals surface area contributed by atoms with Crippen molar-refractivity contribution >= 4 is 5.97 Å². The third-order valence-corrected chi connectivity index (χ3v) is 1.87. The molecule has 1 rings (SSSR count). The molecule has 0 saturated carbocycles. The smallest absolute Gasteiger partial charge is 0.339 e. The van der Waals surface area contributed by atoms with Crippen molar-refractivity contribution < 1.29 is 24.1 Å². The van der Waals surface area contributed by atoms with Gasteiger partial charge in [0.15, 0.2) is 11.6 Å². The maximum atomic E-state index is 12.9. The molecule has 0 aliphatic rings. The fourth-order valence-corrected chi connectivity index (χ4v) is 1.17. The van der Waals surface area contributed by atoms with Crippen LogP contribution in [0.1, 0.15) is 15.9 Å². The summed E-state index contributed by atoms with van der Waals surface area (Å²) >= 11 is 0. The minimum Gasteiger partial charge on any atom is -0.505 e. The van der Waals surface area contributed by atoms with E-state index in [9.17, 15) is 14.3 Å². The summed E-state index contributed by atoms with van der Waals surface area (Å²) in [5, 5.41) is 17.9. The third kappa shape index (κ3) is 1.48. The molecule has 5 heteroatoms. The number of ether oxygens (including phenoxy) is 1. The Morgan fingerprint density at radius 2 is 2.14 bits per heavy atom. The first-order valence-corrected chi connectivity index (χ1v) is 3.78. The number of hydrogen-bond donors (Lipinski definition) is 2. The van der Waals surface area contributed by atoms with E-state index in [-0.39, 0.29) is 16.9 Å². The van der Waals surface area contributed by atoms with Gasteiger partial charge < -0.3 is 14.9 Å². The Kier molecular flexibility index (Phi) is 2.60. The topological polar surface area (TPSA) is 66.8 Å². The number of aromatic carboxylic acids is 1. The van der Waals surface area contributed by atoms with E-state index in [1.54, 1.807) is 0 Å². The molecular weight excluding hydrogens is 191 g/mol. The molecule has 0 spiro atoms. The number of halogens is 1. The fraction of sp³-hybridized carbons (Fsp3) is 0.222. The zero-order chi connectivity index (χ0) is 10.9. The molecule has 0 aliphatic carbocycles. The molecule has 0 atom stereocenters. The average Bonchev–Trinajstić information content (AvgIpc) is 2.13. The van der Waals surface area contributed by atoms with Crippen molar-refractivity contribution in [2.45, 2.75) is 6.92 Å². The van der Waals surface area contributed by atoms with Crippen molar-refractivity contribution in [2.24, 2.45) is 0 Å². The second kappa shape index (κ2) is 3.53. The molecule has 76 valence electrons. The van der Waals surface area contributed by atoms with Crippen LogP contribution >= 0.6 is 0 Å². The van der Waals surface area contributed by atoms with Crippen molar-refractivity contribution in [1.29, 1.82) is 0 Å². The number of benzene rings is 1. The Balaban J connectivity index is 3.51. The van der Waals surface area contributed by atoms with E-state index >= 15 is 0 Å². The minimum absolute atomic E-state index is 0.0311.